The van der Waals surface area contributed by atoms with E-state index in [0.717, 1.165) is 28.6 Å². The Labute approximate surface area is 96.3 Å². The summed E-state index contributed by atoms with van der Waals surface area (Å²) in [5.74, 6) is 0. The van der Waals surface area contributed by atoms with Crippen LogP contribution >= 0.6 is 27.3 Å². The lowest BCUT2D eigenvalue weighted by Gasteiger charge is -2.32. The molecule has 0 aromatic carbocycles. The van der Waals surface area contributed by atoms with Crippen molar-refractivity contribution in [3.63, 3.8) is 0 Å². The van der Waals surface area contributed by atoms with Crippen LogP contribution in [0.2, 0.25) is 0 Å². The first-order chi connectivity index (χ1) is 6.65. The maximum atomic E-state index is 10.4. The number of thiophene rings is 1. The van der Waals surface area contributed by atoms with E-state index in [9.17, 15) is 5.11 Å². The van der Waals surface area contributed by atoms with E-state index in [0.29, 0.717) is 13.0 Å². The summed E-state index contributed by atoms with van der Waals surface area (Å²) in [6.45, 7) is 0.545. The zero-order valence-corrected chi connectivity index (χ0v) is 10.3. The predicted molar refractivity (Wildman–Crippen MR) is 62.5 cm³/mol. The summed E-state index contributed by atoms with van der Waals surface area (Å²) in [5, 5.41) is 10.4. The van der Waals surface area contributed by atoms with Crippen LogP contribution in [0.3, 0.4) is 0 Å². The third kappa shape index (κ3) is 1.76. The number of hydrogen-bond donors (Lipinski definition) is 2. The summed E-state index contributed by atoms with van der Waals surface area (Å²) in [6, 6.07) is 2.05. The van der Waals surface area contributed by atoms with Gasteiger partial charge in [0.2, 0.25) is 0 Å². The Morgan fingerprint density at radius 3 is 3.14 bits per heavy atom. The molecule has 0 fully saturated rings. The Kier molecular flexibility index (Phi) is 2.98. The Hall–Kier alpha value is 0.100. The topological polar surface area (TPSA) is 46.2 Å². The quantitative estimate of drug-likeness (QED) is 0.871. The molecule has 0 saturated heterocycles. The molecule has 1 aromatic heterocycles. The van der Waals surface area contributed by atoms with Gasteiger partial charge in [0.1, 0.15) is 0 Å². The van der Waals surface area contributed by atoms with E-state index in [1.165, 1.54) is 4.88 Å². The van der Waals surface area contributed by atoms with Gasteiger partial charge in [0.25, 0.3) is 0 Å². The number of hydrogen-bond acceptors (Lipinski definition) is 3. The van der Waals surface area contributed by atoms with Gasteiger partial charge in [-0.25, -0.2) is 0 Å². The Bertz CT molecular complexity index is 339. The molecule has 4 heteroatoms. The number of aliphatic hydroxyl groups is 1. The van der Waals surface area contributed by atoms with Gasteiger partial charge in [-0.05, 0) is 59.8 Å². The molecule has 3 N–H and O–H groups in total. The lowest BCUT2D eigenvalue weighted by molar-refractivity contribution is 0.0133. The van der Waals surface area contributed by atoms with E-state index in [1.807, 2.05) is 0 Å². The molecular formula is C10H14BrNOS. The first-order valence-electron chi connectivity index (χ1n) is 4.87. The SMILES string of the molecule is NCCC1(O)CCCc2sc(Br)cc21. The van der Waals surface area contributed by atoms with Crippen LogP contribution < -0.4 is 5.73 Å². The summed E-state index contributed by atoms with van der Waals surface area (Å²) < 4.78 is 1.11. The molecular weight excluding hydrogens is 262 g/mol. The van der Waals surface area contributed by atoms with Gasteiger partial charge in [-0.15, -0.1) is 11.3 Å². The fourth-order valence-electron chi connectivity index (χ4n) is 2.15. The molecule has 0 amide bonds. The van der Waals surface area contributed by atoms with Crippen molar-refractivity contribution in [2.75, 3.05) is 6.54 Å². The maximum absolute atomic E-state index is 10.4. The molecule has 1 aromatic rings. The molecule has 1 aliphatic carbocycles. The van der Waals surface area contributed by atoms with E-state index in [2.05, 4.69) is 22.0 Å². The second kappa shape index (κ2) is 3.93. The first-order valence-corrected chi connectivity index (χ1v) is 6.48. The molecule has 1 heterocycles. The summed E-state index contributed by atoms with van der Waals surface area (Å²) >= 11 is 5.21. The largest absolute Gasteiger partial charge is 0.385 e. The number of rotatable bonds is 2. The van der Waals surface area contributed by atoms with Gasteiger partial charge >= 0.3 is 0 Å². The van der Waals surface area contributed by atoms with E-state index in [4.69, 9.17) is 5.73 Å². The predicted octanol–water partition coefficient (Wildman–Crippen LogP) is 2.38. The van der Waals surface area contributed by atoms with Gasteiger partial charge in [-0.3, -0.25) is 0 Å². The summed E-state index contributed by atoms with van der Waals surface area (Å²) in [4.78, 5) is 1.32. The molecule has 0 bridgehead atoms. The van der Waals surface area contributed by atoms with Crippen LogP contribution in [0.25, 0.3) is 0 Å². The monoisotopic (exact) mass is 275 g/mol. The van der Waals surface area contributed by atoms with Gasteiger partial charge in [0.05, 0.1) is 9.39 Å². The molecule has 14 heavy (non-hydrogen) atoms. The van der Waals surface area contributed by atoms with Crippen molar-refractivity contribution < 1.29 is 5.11 Å². The van der Waals surface area contributed by atoms with Crippen LogP contribution in [0.1, 0.15) is 29.7 Å². The first kappa shape index (κ1) is 10.6. The second-order valence-corrected chi connectivity index (χ2v) is 6.33. The minimum atomic E-state index is -0.662. The van der Waals surface area contributed by atoms with Crippen LogP contribution in [0.5, 0.6) is 0 Å². The summed E-state index contributed by atoms with van der Waals surface area (Å²) in [5.41, 5.74) is 5.98. The van der Waals surface area contributed by atoms with Gasteiger partial charge in [0, 0.05) is 4.88 Å². The highest BCUT2D eigenvalue weighted by atomic mass is 79.9. The zero-order valence-electron chi connectivity index (χ0n) is 7.92. The van der Waals surface area contributed by atoms with Crippen LogP contribution in [0.15, 0.2) is 9.85 Å². The standard InChI is InChI=1S/C10H14BrNOS/c11-9-6-7-8(14-9)2-1-3-10(7,13)4-5-12/h6,13H,1-5,12H2. The highest BCUT2D eigenvalue weighted by molar-refractivity contribution is 9.11. The molecule has 1 unspecified atom stereocenters. The average Bonchev–Trinajstić information content (AvgIpc) is 2.48. The second-order valence-electron chi connectivity index (χ2n) is 3.81. The average molecular weight is 276 g/mol. The fraction of sp³-hybridized carbons (Fsp3) is 0.600. The minimum Gasteiger partial charge on any atom is -0.385 e. The van der Waals surface area contributed by atoms with Crippen molar-refractivity contribution in [3.05, 3.63) is 20.3 Å². The molecule has 1 aliphatic rings. The number of nitrogens with two attached hydrogens (primary N) is 1. The van der Waals surface area contributed by atoms with E-state index < -0.39 is 5.60 Å². The normalized spacial score (nSPS) is 26.2. The minimum absolute atomic E-state index is 0.545. The van der Waals surface area contributed by atoms with Crippen LogP contribution in [0, 0.1) is 0 Å². The highest BCUT2D eigenvalue weighted by Gasteiger charge is 2.34. The molecule has 78 valence electrons. The van der Waals surface area contributed by atoms with Crippen LogP contribution in [0.4, 0.5) is 0 Å². The molecule has 0 saturated carbocycles. The Morgan fingerprint density at radius 1 is 1.64 bits per heavy atom. The van der Waals surface area contributed by atoms with Gasteiger partial charge in [0.15, 0.2) is 0 Å². The smallest absolute Gasteiger partial charge is 0.0919 e. The van der Waals surface area contributed by atoms with Crippen molar-refractivity contribution in [2.45, 2.75) is 31.3 Å². The number of fused-ring (bicyclic) bond motifs is 1. The maximum Gasteiger partial charge on any atom is 0.0919 e. The van der Waals surface area contributed by atoms with Gasteiger partial charge in [-0.1, -0.05) is 0 Å². The molecule has 2 nitrogen and oxygen atoms in total. The molecule has 0 spiro atoms. The Balaban J connectivity index is 2.38. The Morgan fingerprint density at radius 2 is 2.43 bits per heavy atom. The van der Waals surface area contributed by atoms with Crippen molar-refractivity contribution in [2.24, 2.45) is 5.73 Å². The number of aryl methyl sites for hydroxylation is 1. The van der Waals surface area contributed by atoms with Crippen molar-refractivity contribution in [3.8, 4) is 0 Å². The summed E-state index contributed by atoms with van der Waals surface area (Å²) in [6.07, 6.45) is 3.68. The molecule has 2 rings (SSSR count). The third-order valence-corrected chi connectivity index (χ3v) is 4.53. The summed E-state index contributed by atoms with van der Waals surface area (Å²) in [7, 11) is 0. The molecule has 0 aliphatic heterocycles. The lowest BCUT2D eigenvalue weighted by atomic mass is 9.81. The van der Waals surface area contributed by atoms with E-state index >= 15 is 0 Å². The van der Waals surface area contributed by atoms with Gasteiger partial charge < -0.3 is 10.8 Å². The molecule has 1 atom stereocenters. The van der Waals surface area contributed by atoms with Crippen molar-refractivity contribution in [1.29, 1.82) is 0 Å². The third-order valence-electron chi connectivity index (χ3n) is 2.83. The van der Waals surface area contributed by atoms with E-state index in [1.54, 1.807) is 11.3 Å². The van der Waals surface area contributed by atoms with Crippen molar-refractivity contribution in [1.82, 2.24) is 0 Å². The zero-order chi connectivity index (χ0) is 10.2. The lowest BCUT2D eigenvalue weighted by Crippen LogP contribution is -2.32. The van der Waals surface area contributed by atoms with Gasteiger partial charge in [-0.2, -0.15) is 0 Å². The molecule has 0 radical (unpaired) electrons. The highest BCUT2D eigenvalue weighted by Crippen LogP contribution is 2.43. The van der Waals surface area contributed by atoms with Crippen molar-refractivity contribution >= 4 is 27.3 Å². The van der Waals surface area contributed by atoms with Crippen LogP contribution in [-0.2, 0) is 12.0 Å². The van der Waals surface area contributed by atoms with Crippen LogP contribution in [-0.4, -0.2) is 11.7 Å². The number of halogens is 1. The fourth-order valence-corrected chi connectivity index (χ4v) is 3.98. The van der Waals surface area contributed by atoms with E-state index in [-0.39, 0.29) is 0 Å².